The maximum Gasteiger partial charge on any atom is 0.273 e. The molecule has 0 fully saturated rings. The quantitative estimate of drug-likeness (QED) is 0.507. The molecule has 3 aromatic carbocycles. The van der Waals surface area contributed by atoms with Crippen molar-refractivity contribution in [1.29, 1.82) is 5.26 Å². The van der Waals surface area contributed by atoms with Gasteiger partial charge in [0.25, 0.3) is 11.5 Å². The molecule has 0 radical (unpaired) electrons. The van der Waals surface area contributed by atoms with Gasteiger partial charge in [0.2, 0.25) is 0 Å². The molecular weight excluding hydrogens is 442 g/mol. The first kappa shape index (κ1) is 21.3. The number of hydrogen-bond acceptors (Lipinski definition) is 4. The highest BCUT2D eigenvalue weighted by atomic mass is 35.5. The molecule has 0 bridgehead atoms. The fraction of sp³-hybridized carbons (Fsp3) is 0. The summed E-state index contributed by atoms with van der Waals surface area (Å²) in [5.41, 5.74) is 1.29. The Morgan fingerprint density at radius 1 is 0.969 bits per heavy atom. The molecular formula is C25H16ClN3O2S. The number of anilines is 1. The van der Waals surface area contributed by atoms with E-state index in [4.69, 9.17) is 11.6 Å². The molecule has 1 N–H and O–H groups in total. The third kappa shape index (κ3) is 4.40. The van der Waals surface area contributed by atoms with Crippen LogP contribution in [0, 0.1) is 11.3 Å². The number of thiazole rings is 1. The van der Waals surface area contributed by atoms with Gasteiger partial charge in [-0.25, -0.2) is 0 Å². The summed E-state index contributed by atoms with van der Waals surface area (Å²) in [5.74, 6) is -0.589. The minimum absolute atomic E-state index is 0.154. The predicted octanol–water partition coefficient (Wildman–Crippen LogP) is 3.69. The van der Waals surface area contributed by atoms with E-state index >= 15 is 0 Å². The van der Waals surface area contributed by atoms with Crippen molar-refractivity contribution in [2.45, 2.75) is 0 Å². The molecule has 5 nitrogen and oxygen atoms in total. The maximum absolute atomic E-state index is 13.4. The Balaban J connectivity index is 1.98. The van der Waals surface area contributed by atoms with Crippen molar-refractivity contribution in [3.63, 3.8) is 0 Å². The second-order valence-corrected chi connectivity index (χ2v) is 8.16. The Labute approximate surface area is 192 Å². The SMILES string of the molecule is N#C/C(C(=O)Nc1ccccc1)=c1/s/c(=C/c2ccccc2Cl)c(=O)n1-c1ccccc1. The normalized spacial score (nSPS) is 12.2. The molecule has 4 rings (SSSR count). The van der Waals surface area contributed by atoms with Gasteiger partial charge in [-0.15, -0.1) is 11.3 Å². The number of carbonyl (C=O) groups excluding carboxylic acids is 1. The summed E-state index contributed by atoms with van der Waals surface area (Å²) in [7, 11) is 0. The van der Waals surface area contributed by atoms with E-state index in [0.29, 0.717) is 26.5 Å². The zero-order chi connectivity index (χ0) is 22.5. The number of hydrogen-bond donors (Lipinski definition) is 1. The molecule has 0 aliphatic rings. The summed E-state index contributed by atoms with van der Waals surface area (Å²) in [5, 5.41) is 13.1. The summed E-state index contributed by atoms with van der Waals surface area (Å²) in [6, 6.07) is 26.9. The minimum Gasteiger partial charge on any atom is -0.321 e. The van der Waals surface area contributed by atoms with Crippen LogP contribution in [0.1, 0.15) is 5.56 Å². The van der Waals surface area contributed by atoms with Crippen molar-refractivity contribution in [2.75, 3.05) is 5.32 Å². The smallest absolute Gasteiger partial charge is 0.273 e. The van der Waals surface area contributed by atoms with Gasteiger partial charge in [0, 0.05) is 10.7 Å². The molecule has 0 saturated heterocycles. The number of halogens is 1. The number of rotatable bonds is 4. The molecule has 0 saturated carbocycles. The molecule has 0 atom stereocenters. The number of nitrogens with one attached hydrogen (secondary N) is 1. The lowest BCUT2D eigenvalue weighted by Crippen LogP contribution is -2.32. The Morgan fingerprint density at radius 2 is 1.59 bits per heavy atom. The van der Waals surface area contributed by atoms with Gasteiger partial charge < -0.3 is 5.32 Å². The molecule has 0 aliphatic heterocycles. The molecule has 0 unspecified atom stereocenters. The minimum atomic E-state index is -0.589. The zero-order valence-electron chi connectivity index (χ0n) is 16.7. The highest BCUT2D eigenvalue weighted by molar-refractivity contribution is 7.07. The third-order valence-corrected chi connectivity index (χ3v) is 6.05. The molecule has 1 heterocycles. The van der Waals surface area contributed by atoms with Gasteiger partial charge in [-0.1, -0.05) is 66.2 Å². The lowest BCUT2D eigenvalue weighted by molar-refractivity contribution is -0.111. The van der Waals surface area contributed by atoms with Crippen LogP contribution in [-0.4, -0.2) is 10.5 Å². The predicted molar refractivity (Wildman–Crippen MR) is 128 cm³/mol. The van der Waals surface area contributed by atoms with Crippen LogP contribution in [0.3, 0.4) is 0 Å². The summed E-state index contributed by atoms with van der Waals surface area (Å²) in [4.78, 5) is 26.3. The standard InChI is InChI=1S/C25H16ClN3O2S/c26-21-14-8-7-9-17(21)15-22-24(31)29(19-12-5-2-6-13-19)25(32-22)20(16-27)23(30)28-18-10-3-1-4-11-18/h1-15H,(H,28,30)/b22-15+,25-20-. The maximum atomic E-state index is 13.4. The number of nitriles is 1. The van der Waals surface area contributed by atoms with Crippen LogP contribution >= 0.6 is 22.9 Å². The summed E-state index contributed by atoms with van der Waals surface area (Å²) in [6.07, 6.45) is 1.67. The number of carbonyl (C=O) groups is 1. The van der Waals surface area contributed by atoms with E-state index in [-0.39, 0.29) is 15.8 Å². The van der Waals surface area contributed by atoms with Gasteiger partial charge in [0.1, 0.15) is 10.7 Å². The van der Waals surface area contributed by atoms with Gasteiger partial charge in [-0.3, -0.25) is 14.2 Å². The molecule has 7 heteroatoms. The van der Waals surface area contributed by atoms with Crippen LogP contribution in [0.4, 0.5) is 5.69 Å². The van der Waals surface area contributed by atoms with E-state index < -0.39 is 5.91 Å². The number of nitrogens with zero attached hydrogens (tertiary/aromatic N) is 2. The molecule has 0 aliphatic carbocycles. The molecule has 156 valence electrons. The van der Waals surface area contributed by atoms with Crippen LogP contribution in [0.25, 0.3) is 17.3 Å². The van der Waals surface area contributed by atoms with Crippen molar-refractivity contribution >= 4 is 46.2 Å². The van der Waals surface area contributed by atoms with Crippen LogP contribution in [-0.2, 0) is 4.79 Å². The highest BCUT2D eigenvalue weighted by Gasteiger charge is 2.17. The fourth-order valence-corrected chi connectivity index (χ4v) is 4.39. The summed E-state index contributed by atoms with van der Waals surface area (Å²) >= 11 is 7.34. The lowest BCUT2D eigenvalue weighted by atomic mass is 10.2. The lowest BCUT2D eigenvalue weighted by Gasteiger charge is -2.05. The van der Waals surface area contributed by atoms with Gasteiger partial charge in [0.15, 0.2) is 5.57 Å². The number of para-hydroxylation sites is 2. The molecule has 32 heavy (non-hydrogen) atoms. The first-order valence-electron chi connectivity index (χ1n) is 9.63. The molecule has 0 spiro atoms. The number of aromatic nitrogens is 1. The Hall–Kier alpha value is -3.92. The van der Waals surface area contributed by atoms with Gasteiger partial charge >= 0.3 is 0 Å². The largest absolute Gasteiger partial charge is 0.321 e. The average Bonchev–Trinajstić information content (AvgIpc) is 3.12. The summed E-state index contributed by atoms with van der Waals surface area (Å²) < 4.78 is 1.99. The van der Waals surface area contributed by atoms with E-state index in [1.54, 1.807) is 72.8 Å². The van der Waals surface area contributed by atoms with Crippen molar-refractivity contribution in [3.05, 3.63) is 115 Å². The van der Waals surface area contributed by atoms with Crippen LogP contribution < -0.4 is 20.1 Å². The Bertz CT molecular complexity index is 1500. The molecule has 1 amide bonds. The Morgan fingerprint density at radius 3 is 2.25 bits per heavy atom. The average molecular weight is 458 g/mol. The number of benzene rings is 3. The fourth-order valence-electron chi connectivity index (χ4n) is 3.11. The van der Waals surface area contributed by atoms with E-state index in [1.807, 2.05) is 24.3 Å². The van der Waals surface area contributed by atoms with Crippen molar-refractivity contribution in [3.8, 4) is 11.8 Å². The van der Waals surface area contributed by atoms with Crippen molar-refractivity contribution in [2.24, 2.45) is 0 Å². The van der Waals surface area contributed by atoms with E-state index in [9.17, 15) is 14.9 Å². The van der Waals surface area contributed by atoms with Crippen LogP contribution in [0.2, 0.25) is 5.02 Å². The van der Waals surface area contributed by atoms with E-state index in [1.165, 1.54) is 4.57 Å². The first-order chi connectivity index (χ1) is 15.6. The molecule has 4 aromatic rings. The second kappa shape index (κ2) is 9.48. The van der Waals surface area contributed by atoms with Gasteiger partial charge in [0.05, 0.1) is 10.2 Å². The second-order valence-electron chi connectivity index (χ2n) is 6.72. The van der Waals surface area contributed by atoms with Crippen LogP contribution in [0.5, 0.6) is 0 Å². The Kier molecular flexibility index (Phi) is 6.31. The van der Waals surface area contributed by atoms with Gasteiger partial charge in [-0.05, 0) is 42.0 Å². The monoisotopic (exact) mass is 457 g/mol. The third-order valence-electron chi connectivity index (χ3n) is 4.61. The van der Waals surface area contributed by atoms with Crippen LogP contribution in [0.15, 0.2) is 89.7 Å². The van der Waals surface area contributed by atoms with E-state index in [0.717, 1.165) is 11.3 Å². The zero-order valence-corrected chi connectivity index (χ0v) is 18.2. The topological polar surface area (TPSA) is 74.9 Å². The first-order valence-corrected chi connectivity index (χ1v) is 10.8. The van der Waals surface area contributed by atoms with Crippen molar-refractivity contribution < 1.29 is 4.79 Å². The van der Waals surface area contributed by atoms with Crippen molar-refractivity contribution in [1.82, 2.24) is 4.57 Å². The van der Waals surface area contributed by atoms with E-state index in [2.05, 4.69) is 5.32 Å². The summed E-state index contributed by atoms with van der Waals surface area (Å²) in [6.45, 7) is 0. The highest BCUT2D eigenvalue weighted by Crippen LogP contribution is 2.15. The van der Waals surface area contributed by atoms with Gasteiger partial charge in [-0.2, -0.15) is 5.26 Å². The number of amides is 1. The molecule has 1 aromatic heterocycles.